The Balaban J connectivity index is 1.73. The van der Waals surface area contributed by atoms with Crippen LogP contribution >= 0.6 is 11.3 Å². The number of fused-ring (bicyclic) bond motifs is 5. The van der Waals surface area contributed by atoms with E-state index in [0.717, 1.165) is 53.3 Å². The molecule has 0 saturated carbocycles. The summed E-state index contributed by atoms with van der Waals surface area (Å²) in [7, 11) is 0. The second kappa shape index (κ2) is 6.92. The zero-order valence-corrected chi connectivity index (χ0v) is 17.9. The minimum Gasteiger partial charge on any atom is -0.370 e. The van der Waals surface area contributed by atoms with Crippen molar-refractivity contribution in [2.75, 3.05) is 18.0 Å². The number of anilines is 1. The van der Waals surface area contributed by atoms with Crippen molar-refractivity contribution in [3.63, 3.8) is 0 Å². The van der Waals surface area contributed by atoms with Crippen LogP contribution in [0.3, 0.4) is 0 Å². The van der Waals surface area contributed by atoms with Gasteiger partial charge in [0.1, 0.15) is 4.83 Å². The van der Waals surface area contributed by atoms with Gasteiger partial charge in [-0.1, -0.05) is 13.3 Å². The van der Waals surface area contributed by atoms with E-state index in [1.165, 1.54) is 41.5 Å². The molecule has 0 aromatic carbocycles. The maximum atomic E-state index is 6.18. The molecule has 0 radical (unpaired) electrons. The lowest BCUT2D eigenvalue weighted by atomic mass is 9.88. The minimum atomic E-state index is -0.150. The molecular formula is C22H28N4OS. The van der Waals surface area contributed by atoms with E-state index >= 15 is 0 Å². The molecule has 1 saturated heterocycles. The van der Waals surface area contributed by atoms with Crippen LogP contribution in [-0.4, -0.2) is 33.6 Å². The first-order chi connectivity index (χ1) is 13.6. The van der Waals surface area contributed by atoms with Gasteiger partial charge in [-0.2, -0.15) is 0 Å². The second-order valence-electron chi connectivity index (χ2n) is 8.70. The van der Waals surface area contributed by atoms with E-state index in [4.69, 9.17) is 14.7 Å². The molecule has 0 unspecified atom stereocenters. The lowest BCUT2D eigenvalue weighted by Crippen LogP contribution is -2.32. The molecule has 5 nitrogen and oxygen atoms in total. The Bertz CT molecular complexity index is 1040. The largest absolute Gasteiger partial charge is 0.370 e. The van der Waals surface area contributed by atoms with Crippen LogP contribution in [0.25, 0.3) is 20.4 Å². The Morgan fingerprint density at radius 3 is 2.79 bits per heavy atom. The van der Waals surface area contributed by atoms with Gasteiger partial charge in [-0.3, -0.25) is 0 Å². The number of nitrogens with zero attached hydrogens (tertiary/aromatic N) is 4. The van der Waals surface area contributed by atoms with Crippen LogP contribution in [0.15, 0.2) is 6.20 Å². The molecule has 0 spiro atoms. The van der Waals surface area contributed by atoms with Gasteiger partial charge >= 0.3 is 0 Å². The van der Waals surface area contributed by atoms with E-state index in [1.54, 1.807) is 11.3 Å². The molecule has 3 aromatic rings. The van der Waals surface area contributed by atoms with E-state index in [9.17, 15) is 0 Å². The van der Waals surface area contributed by atoms with Crippen LogP contribution < -0.4 is 4.90 Å². The molecule has 2 aliphatic rings. The Kier molecular flexibility index (Phi) is 4.51. The molecule has 2 aliphatic heterocycles. The highest BCUT2D eigenvalue weighted by molar-refractivity contribution is 7.25. The van der Waals surface area contributed by atoms with Gasteiger partial charge in [0.2, 0.25) is 5.95 Å². The van der Waals surface area contributed by atoms with Gasteiger partial charge in [0.15, 0.2) is 0 Å². The quantitative estimate of drug-likeness (QED) is 0.619. The average Bonchev–Trinajstić information content (AvgIpc) is 3.32. The zero-order valence-electron chi connectivity index (χ0n) is 17.0. The number of thiophene rings is 1. The van der Waals surface area contributed by atoms with Crippen molar-refractivity contribution in [3.05, 3.63) is 23.0 Å². The molecule has 1 fully saturated rings. The fourth-order valence-electron chi connectivity index (χ4n) is 4.47. The molecule has 0 aliphatic carbocycles. The third kappa shape index (κ3) is 3.07. The van der Waals surface area contributed by atoms with Crippen molar-refractivity contribution < 1.29 is 4.74 Å². The number of hydrogen-bond acceptors (Lipinski definition) is 6. The molecule has 3 aromatic heterocycles. The SMILES string of the molecule is CCCCc1nc2sc3cnc(N4CCCC4)nc3c2c2c1COC(C)(C)C2. The van der Waals surface area contributed by atoms with Gasteiger partial charge in [-0.25, -0.2) is 15.0 Å². The molecule has 5 heterocycles. The van der Waals surface area contributed by atoms with E-state index in [1.807, 2.05) is 6.20 Å². The number of rotatable bonds is 4. The van der Waals surface area contributed by atoms with Gasteiger partial charge in [0, 0.05) is 36.2 Å². The molecule has 5 rings (SSSR count). The van der Waals surface area contributed by atoms with E-state index in [2.05, 4.69) is 30.7 Å². The van der Waals surface area contributed by atoms with Gasteiger partial charge in [0.25, 0.3) is 0 Å². The number of hydrogen-bond donors (Lipinski definition) is 0. The topological polar surface area (TPSA) is 51.1 Å². The summed E-state index contributed by atoms with van der Waals surface area (Å²) in [6.07, 6.45) is 8.75. The summed E-state index contributed by atoms with van der Waals surface area (Å²) in [5.74, 6) is 0.875. The smallest absolute Gasteiger partial charge is 0.225 e. The second-order valence-corrected chi connectivity index (χ2v) is 9.73. The van der Waals surface area contributed by atoms with Crippen molar-refractivity contribution in [1.82, 2.24) is 15.0 Å². The number of aryl methyl sites for hydroxylation is 1. The van der Waals surface area contributed by atoms with Crippen molar-refractivity contribution >= 4 is 37.7 Å². The summed E-state index contributed by atoms with van der Waals surface area (Å²) in [6, 6.07) is 0. The summed E-state index contributed by atoms with van der Waals surface area (Å²) < 4.78 is 7.32. The summed E-state index contributed by atoms with van der Waals surface area (Å²) in [5, 5.41) is 1.24. The normalized spacial score (nSPS) is 18.9. The Labute approximate surface area is 170 Å². The maximum absolute atomic E-state index is 6.18. The van der Waals surface area contributed by atoms with Crippen molar-refractivity contribution in [3.8, 4) is 0 Å². The van der Waals surface area contributed by atoms with E-state index in [0.29, 0.717) is 6.61 Å². The van der Waals surface area contributed by atoms with Crippen LogP contribution in [0.2, 0.25) is 0 Å². The maximum Gasteiger partial charge on any atom is 0.225 e. The predicted octanol–water partition coefficient (Wildman–Crippen LogP) is 5.03. The molecule has 0 N–H and O–H groups in total. The number of pyridine rings is 1. The fraction of sp³-hybridized carbons (Fsp3) is 0.591. The lowest BCUT2D eigenvalue weighted by Gasteiger charge is -2.33. The van der Waals surface area contributed by atoms with E-state index < -0.39 is 0 Å². The Morgan fingerprint density at radius 2 is 2.00 bits per heavy atom. The molecule has 0 atom stereocenters. The first kappa shape index (κ1) is 18.3. The summed E-state index contributed by atoms with van der Waals surface area (Å²) in [4.78, 5) is 18.2. The van der Waals surface area contributed by atoms with Crippen molar-refractivity contribution in [1.29, 1.82) is 0 Å². The zero-order chi connectivity index (χ0) is 19.3. The molecule has 6 heteroatoms. The van der Waals surface area contributed by atoms with Gasteiger partial charge < -0.3 is 9.64 Å². The van der Waals surface area contributed by atoms with E-state index in [-0.39, 0.29) is 5.60 Å². The molecular weight excluding hydrogens is 368 g/mol. The van der Waals surface area contributed by atoms with Gasteiger partial charge in [0.05, 0.1) is 28.6 Å². The third-order valence-corrected chi connectivity index (χ3v) is 7.02. The molecule has 148 valence electrons. The Morgan fingerprint density at radius 1 is 1.18 bits per heavy atom. The highest BCUT2D eigenvalue weighted by Gasteiger charge is 2.31. The molecule has 0 bridgehead atoms. The van der Waals surface area contributed by atoms with Gasteiger partial charge in [-0.15, -0.1) is 11.3 Å². The summed E-state index contributed by atoms with van der Waals surface area (Å²) in [5.41, 5.74) is 4.87. The summed E-state index contributed by atoms with van der Waals surface area (Å²) in [6.45, 7) is 9.39. The minimum absolute atomic E-state index is 0.150. The Hall–Kier alpha value is -1.79. The predicted molar refractivity (Wildman–Crippen MR) is 115 cm³/mol. The van der Waals surface area contributed by atoms with Gasteiger partial charge in [-0.05, 0) is 45.1 Å². The third-order valence-electron chi connectivity index (χ3n) is 6.02. The van der Waals surface area contributed by atoms with Crippen molar-refractivity contribution in [2.45, 2.75) is 71.5 Å². The number of ether oxygens (including phenoxy) is 1. The molecule has 28 heavy (non-hydrogen) atoms. The average molecular weight is 397 g/mol. The summed E-state index contributed by atoms with van der Waals surface area (Å²) >= 11 is 1.74. The lowest BCUT2D eigenvalue weighted by molar-refractivity contribution is -0.0401. The highest BCUT2D eigenvalue weighted by atomic mass is 32.1. The van der Waals surface area contributed by atoms with Crippen molar-refractivity contribution in [2.24, 2.45) is 0 Å². The van der Waals surface area contributed by atoms with Crippen LogP contribution in [-0.2, 0) is 24.2 Å². The van der Waals surface area contributed by atoms with Crippen LogP contribution in [0.4, 0.5) is 5.95 Å². The molecule has 0 amide bonds. The standard InChI is InChI=1S/C22H28N4OS/c1-4-5-8-16-15-13-27-22(2,3)11-14(15)18-19-17(28-20(18)24-16)12-23-21(25-19)26-9-6-7-10-26/h12H,4-11,13H2,1-3H3. The highest BCUT2D eigenvalue weighted by Crippen LogP contribution is 2.41. The van der Waals surface area contributed by atoms with Crippen LogP contribution in [0, 0.1) is 0 Å². The first-order valence-electron chi connectivity index (χ1n) is 10.5. The number of unbranched alkanes of at least 4 members (excludes halogenated alkanes) is 1. The fourth-order valence-corrected chi connectivity index (χ4v) is 5.50. The number of aromatic nitrogens is 3. The van der Waals surface area contributed by atoms with Crippen LogP contribution in [0.1, 0.15) is 63.3 Å². The monoisotopic (exact) mass is 396 g/mol. The van der Waals surface area contributed by atoms with Crippen LogP contribution in [0.5, 0.6) is 0 Å². The first-order valence-corrected chi connectivity index (χ1v) is 11.4.